The Morgan fingerprint density at radius 3 is 1.04 bits per heavy atom. The molecular weight excluding hydrogens is 1560 g/mol. The Labute approximate surface area is 657 Å². The molecule has 0 unspecified atom stereocenters. The minimum absolute atomic E-state index is 0.250. The van der Waals surface area contributed by atoms with E-state index in [0.717, 1.165) is 131 Å². The molecule has 103 heavy (non-hydrogen) atoms. The molecule has 0 spiro atoms. The molecule has 6 saturated heterocycles. The van der Waals surface area contributed by atoms with Crippen LogP contribution in [0.25, 0.3) is 11.3 Å². The van der Waals surface area contributed by atoms with Crippen LogP contribution in [0.5, 0.6) is 23.0 Å². The zero-order valence-corrected chi connectivity index (χ0v) is 70.5. The summed E-state index contributed by atoms with van der Waals surface area (Å²) in [6.45, 7) is 39.7. The summed E-state index contributed by atoms with van der Waals surface area (Å²) in [5.41, 5.74) is 2.94. The van der Waals surface area contributed by atoms with Gasteiger partial charge in [-0.25, -0.2) is 0 Å². The van der Waals surface area contributed by atoms with Gasteiger partial charge in [0.25, 0.3) is 0 Å². The highest BCUT2D eigenvalue weighted by Gasteiger charge is 2.54. The molecular formula is C77H112B3Br3Cl3N7O10. The molecule has 0 bridgehead atoms. The van der Waals surface area contributed by atoms with E-state index in [9.17, 15) is 5.11 Å². The summed E-state index contributed by atoms with van der Waals surface area (Å²) in [7, 11) is -0.974. The largest absolute Gasteiger partial charge is 0.508 e. The second-order valence-electron chi connectivity index (χ2n) is 29.5. The Balaban J connectivity index is 0.000000200. The number of nitrogens with zero attached hydrogens (tertiary/aromatic N) is 6. The average molecular weight is 1670 g/mol. The van der Waals surface area contributed by atoms with Crippen LogP contribution in [0, 0.1) is 0 Å². The molecule has 0 saturated carbocycles. The van der Waals surface area contributed by atoms with E-state index in [1.807, 2.05) is 119 Å². The summed E-state index contributed by atoms with van der Waals surface area (Å²) >= 11 is 26.5. The number of phenolic OH excluding ortho intramolecular Hbond substituents is 1. The third kappa shape index (κ3) is 29.0. The zero-order chi connectivity index (χ0) is 75.4. The lowest BCUT2D eigenvalue weighted by Crippen LogP contribution is -2.41. The maximum absolute atomic E-state index is 9.22. The summed E-state index contributed by atoms with van der Waals surface area (Å²) in [6.07, 6.45) is 12.4. The number of alkyl halides is 3. The summed E-state index contributed by atoms with van der Waals surface area (Å²) in [4.78, 5) is 5.11. The van der Waals surface area contributed by atoms with E-state index >= 15 is 0 Å². The maximum atomic E-state index is 9.22. The monoisotopic (exact) mass is 1670 g/mol. The van der Waals surface area contributed by atoms with Crippen molar-refractivity contribution in [1.29, 1.82) is 0 Å². The first-order valence-electron chi connectivity index (χ1n) is 36.4. The molecule has 17 nitrogen and oxygen atoms in total. The topological polar surface area (TPSA) is 173 Å². The lowest BCUT2D eigenvalue weighted by Gasteiger charge is -2.32. The van der Waals surface area contributed by atoms with Crippen molar-refractivity contribution in [3.63, 3.8) is 0 Å². The number of phenols is 1. The smallest absolute Gasteiger partial charge is 0.494 e. The van der Waals surface area contributed by atoms with Crippen LogP contribution in [0.4, 0.5) is 0 Å². The van der Waals surface area contributed by atoms with Gasteiger partial charge in [0.2, 0.25) is 0 Å². The van der Waals surface area contributed by atoms with Crippen LogP contribution in [0.1, 0.15) is 168 Å². The first kappa shape index (κ1) is 88.3. The van der Waals surface area contributed by atoms with Crippen molar-refractivity contribution in [3.05, 3.63) is 137 Å². The molecule has 6 aliphatic rings. The second kappa shape index (κ2) is 43.0. The van der Waals surface area contributed by atoms with E-state index in [4.69, 9.17) is 76.9 Å². The van der Waals surface area contributed by atoms with Gasteiger partial charge >= 0.3 is 21.4 Å². The summed E-state index contributed by atoms with van der Waals surface area (Å²) < 4.78 is 53.3. The van der Waals surface area contributed by atoms with Crippen molar-refractivity contribution in [2.75, 3.05) is 68.5 Å². The van der Waals surface area contributed by atoms with Crippen molar-refractivity contribution in [1.82, 2.24) is 35.5 Å². The molecule has 6 aromatic rings. The minimum atomic E-state index is -0.356. The number of hydrogen-bond acceptors (Lipinski definition) is 17. The number of rotatable bonds is 20. The van der Waals surface area contributed by atoms with Crippen molar-refractivity contribution < 1.29 is 47.2 Å². The number of halogens is 6. The highest BCUT2D eigenvalue weighted by atomic mass is 79.9. The quantitative estimate of drug-likeness (QED) is 0.0419. The molecule has 6 fully saturated rings. The van der Waals surface area contributed by atoms with Crippen molar-refractivity contribution in [3.8, 4) is 34.3 Å². The van der Waals surface area contributed by atoms with Crippen LogP contribution in [0.3, 0.4) is 0 Å². The lowest BCUT2D eigenvalue weighted by molar-refractivity contribution is 0.00578. The van der Waals surface area contributed by atoms with Crippen LogP contribution in [0.2, 0.25) is 15.5 Å². The Morgan fingerprint density at radius 1 is 0.437 bits per heavy atom. The number of likely N-dealkylation sites (tertiary alicyclic amines) is 2. The fraction of sp³-hybridized carbons (Fsp3) is 0.584. The van der Waals surface area contributed by atoms with Gasteiger partial charge in [-0.1, -0.05) is 119 Å². The van der Waals surface area contributed by atoms with Crippen LogP contribution in [0.15, 0.2) is 121 Å². The number of aromatic hydroxyl groups is 1. The van der Waals surface area contributed by atoms with Crippen LogP contribution in [-0.2, 0) is 27.9 Å². The number of hydrogen-bond donors (Lipinski definition) is 2. The first-order chi connectivity index (χ1) is 48.8. The molecule has 12 rings (SSSR count). The Bertz CT molecular complexity index is 3290. The molecule has 2 N–H and O–H groups in total. The van der Waals surface area contributed by atoms with E-state index < -0.39 is 0 Å². The standard InChI is InChI=1S/C20H32BNO3.C18H22ClN3O.C15H22BBrO3.C12H17BO3.C5H11N.C4H2Cl2N2.C3H6Br2/c1-16-8-6-13-22(16)14-7-15-23-18-11-9-17(10-12-18)21-24-19(2,3)20(4,5)25-21;1-14-4-2-11-22(14)12-3-13-23-16-7-5-15(6-8-16)17-9-10-18(19)21-20-17;1-14(2)15(3,4)20-16(19-14)12-6-8-13(9-7-12)18-11-5-10-17;1-11(2)12(3,4)16-13(15-11)9-5-7-10(14)8-6-9;1-5-3-2-4-6-5;5-3-1-2-4(6)8-7-3;4-2-1-3-5/h9-12,16H,6-8,13-15H2,1-5H3;5-10,14H,2-4,11-13H2,1H3;6-9H,5,10-11H2,1-4H3;5-8,14H,1-4H3;5-6H,2-4H2,1H3;1-2H;1-3H2/t16-;14-;;;5-;;/m11..1../s1. The van der Waals surface area contributed by atoms with E-state index in [1.165, 1.54) is 64.6 Å². The molecule has 2 aromatic heterocycles. The van der Waals surface area contributed by atoms with Gasteiger partial charge in [0, 0.05) is 52.8 Å². The number of aromatic nitrogens is 4. The molecule has 0 radical (unpaired) electrons. The molecule has 0 amide bonds. The zero-order valence-electron chi connectivity index (χ0n) is 63.4. The predicted molar refractivity (Wildman–Crippen MR) is 436 cm³/mol. The summed E-state index contributed by atoms with van der Waals surface area (Å²) in [5, 5.41) is 31.7. The fourth-order valence-electron chi connectivity index (χ4n) is 11.2. The fourth-order valence-corrected chi connectivity index (χ4v) is 13.1. The molecule has 8 heterocycles. The summed E-state index contributed by atoms with van der Waals surface area (Å²) in [5.74, 6) is 2.94. The minimum Gasteiger partial charge on any atom is -0.508 e. The summed E-state index contributed by atoms with van der Waals surface area (Å²) in [6, 6.07) is 39.9. The highest BCUT2D eigenvalue weighted by Crippen LogP contribution is 2.39. The third-order valence-electron chi connectivity index (χ3n) is 19.8. The van der Waals surface area contributed by atoms with Gasteiger partial charge in [-0.3, -0.25) is 0 Å². The van der Waals surface area contributed by atoms with Gasteiger partial charge in [-0.05, 0) is 289 Å². The highest BCUT2D eigenvalue weighted by molar-refractivity contribution is 9.09. The third-order valence-corrected chi connectivity index (χ3v) is 22.1. The van der Waals surface area contributed by atoms with Gasteiger partial charge in [-0.15, -0.1) is 20.4 Å². The molecule has 4 aromatic carbocycles. The van der Waals surface area contributed by atoms with Gasteiger partial charge in [0.1, 0.15) is 23.0 Å². The van der Waals surface area contributed by atoms with E-state index in [-0.39, 0.29) is 60.7 Å². The van der Waals surface area contributed by atoms with Gasteiger partial charge in [0.05, 0.1) is 59.1 Å². The van der Waals surface area contributed by atoms with E-state index in [2.05, 4.69) is 159 Å². The first-order valence-corrected chi connectivity index (χ1v) is 40.9. The number of nitrogens with one attached hydrogen (secondary N) is 1. The Hall–Kier alpha value is -3.62. The van der Waals surface area contributed by atoms with E-state index in [1.54, 1.807) is 30.3 Å². The van der Waals surface area contributed by atoms with Crippen molar-refractivity contribution in [2.24, 2.45) is 0 Å². The molecule has 26 heteroatoms. The average Bonchev–Trinajstić information content (AvgIpc) is 1.64. The van der Waals surface area contributed by atoms with Gasteiger partial charge in [-0.2, -0.15) is 0 Å². The Morgan fingerprint density at radius 2 is 0.767 bits per heavy atom. The lowest BCUT2D eigenvalue weighted by atomic mass is 9.79. The van der Waals surface area contributed by atoms with Crippen LogP contribution >= 0.6 is 82.6 Å². The van der Waals surface area contributed by atoms with Gasteiger partial charge < -0.3 is 62.4 Å². The number of benzene rings is 4. The van der Waals surface area contributed by atoms with Crippen molar-refractivity contribution >= 4 is 120 Å². The molecule has 0 aliphatic carbocycles. The van der Waals surface area contributed by atoms with Crippen LogP contribution in [-0.4, -0.2) is 177 Å². The van der Waals surface area contributed by atoms with Crippen LogP contribution < -0.4 is 35.9 Å². The SMILES string of the molecule is BrCCCBr.CC1(C)OB(c2ccc(O)cc2)OC1(C)C.CC1(C)OB(c2ccc(OCCCBr)cc2)OC1(C)C.C[C@@H]1CCCN1.C[C@@H]1CCCN1CCCOc1ccc(-c2ccc(Cl)nn2)cc1.C[C@@H]1CCCN1CCCOc1ccc(B2OC(C)(C)C(C)(C)O2)cc1.Clc1ccc(Cl)nn1. The predicted octanol–water partition coefficient (Wildman–Crippen LogP) is 16.8. The molecule has 6 aliphatic heterocycles. The van der Waals surface area contributed by atoms with Gasteiger partial charge in [0.15, 0.2) is 15.5 Å². The van der Waals surface area contributed by atoms with E-state index in [0.29, 0.717) is 15.5 Å². The Kier molecular flexibility index (Phi) is 36.8. The number of ether oxygens (including phenoxy) is 3. The normalized spacial score (nSPS) is 20.8. The maximum Gasteiger partial charge on any atom is 0.494 e. The molecule has 566 valence electrons. The molecule has 3 atom stereocenters. The second-order valence-corrected chi connectivity index (χ2v) is 33.1. The van der Waals surface area contributed by atoms with Crippen molar-refractivity contribution in [2.45, 2.75) is 220 Å².